The smallest absolute Gasteiger partial charge is 0.410 e. The van der Waals surface area contributed by atoms with Gasteiger partial charge in [0.05, 0.1) is 13.1 Å². The molecular weight excluding hydrogens is 448 g/mol. The summed E-state index contributed by atoms with van der Waals surface area (Å²) in [6.07, 6.45) is 0.364. The predicted molar refractivity (Wildman–Crippen MR) is 125 cm³/mol. The Balaban J connectivity index is 0.000000340. The summed E-state index contributed by atoms with van der Waals surface area (Å²) in [5.41, 5.74) is -1.13. The number of hydrogen-bond acceptors (Lipinski definition) is 8. The first-order valence-electron chi connectivity index (χ1n) is 11.6. The van der Waals surface area contributed by atoms with Gasteiger partial charge in [-0.15, -0.1) is 0 Å². The van der Waals surface area contributed by atoms with Crippen LogP contribution in [-0.2, 0) is 9.47 Å². The Morgan fingerprint density at radius 1 is 0.735 bits per heavy atom. The second kappa shape index (κ2) is 11.7. The first-order chi connectivity index (χ1) is 15.4. The van der Waals surface area contributed by atoms with Crippen molar-refractivity contribution >= 4 is 12.2 Å². The molecule has 0 unspecified atom stereocenters. The van der Waals surface area contributed by atoms with Gasteiger partial charge in [0.25, 0.3) is 0 Å². The van der Waals surface area contributed by atoms with E-state index < -0.39 is 35.5 Å². The standard InChI is InChI=1S/2C11H20N2O4/c2*1-8-5-6-12(7-9(8)13(15)16)10(14)17-11(2,3)4/h2*8-9H,5-7H2,1-4H3/t2*8-,9+/m10/s1. The molecule has 2 heterocycles. The van der Waals surface area contributed by atoms with Crippen LogP contribution >= 0.6 is 0 Å². The summed E-state index contributed by atoms with van der Waals surface area (Å²) >= 11 is 0. The van der Waals surface area contributed by atoms with Crippen molar-refractivity contribution in [1.29, 1.82) is 0 Å². The van der Waals surface area contributed by atoms with Crippen molar-refractivity contribution in [2.24, 2.45) is 11.8 Å². The second-order valence-corrected chi connectivity index (χ2v) is 11.1. The van der Waals surface area contributed by atoms with E-state index in [1.165, 1.54) is 9.80 Å². The average Bonchev–Trinajstić information content (AvgIpc) is 2.66. The molecule has 0 radical (unpaired) electrons. The highest BCUT2D eigenvalue weighted by atomic mass is 16.6. The Morgan fingerprint density at radius 2 is 1.03 bits per heavy atom. The summed E-state index contributed by atoms with van der Waals surface area (Å²) in [5, 5.41) is 21.7. The zero-order valence-corrected chi connectivity index (χ0v) is 21.6. The first-order valence-corrected chi connectivity index (χ1v) is 11.6. The minimum Gasteiger partial charge on any atom is -0.444 e. The molecule has 2 aliphatic heterocycles. The van der Waals surface area contributed by atoms with E-state index in [4.69, 9.17) is 9.47 Å². The zero-order valence-electron chi connectivity index (χ0n) is 21.6. The number of ether oxygens (including phenoxy) is 2. The van der Waals surface area contributed by atoms with Crippen LogP contribution in [0.15, 0.2) is 0 Å². The predicted octanol–water partition coefficient (Wildman–Crippen LogP) is 3.82. The van der Waals surface area contributed by atoms with Crippen LogP contribution in [0, 0.1) is 32.1 Å². The van der Waals surface area contributed by atoms with E-state index in [9.17, 15) is 29.8 Å². The molecule has 2 saturated heterocycles. The minimum absolute atomic E-state index is 0.00341. The third-order valence-electron chi connectivity index (χ3n) is 5.68. The van der Waals surface area contributed by atoms with Crippen LogP contribution < -0.4 is 0 Å². The van der Waals surface area contributed by atoms with Gasteiger partial charge in [-0.1, -0.05) is 13.8 Å². The summed E-state index contributed by atoms with van der Waals surface area (Å²) < 4.78 is 10.4. The highest BCUT2D eigenvalue weighted by Crippen LogP contribution is 2.22. The molecule has 12 heteroatoms. The van der Waals surface area contributed by atoms with E-state index in [-0.39, 0.29) is 34.8 Å². The van der Waals surface area contributed by atoms with Crippen LogP contribution in [0.25, 0.3) is 0 Å². The van der Waals surface area contributed by atoms with Crippen molar-refractivity contribution in [1.82, 2.24) is 9.80 Å². The number of nitrogens with zero attached hydrogens (tertiary/aromatic N) is 4. The summed E-state index contributed by atoms with van der Waals surface area (Å²) in [7, 11) is 0. The fraction of sp³-hybridized carbons (Fsp3) is 0.909. The van der Waals surface area contributed by atoms with E-state index >= 15 is 0 Å². The number of amides is 2. The molecule has 0 aromatic heterocycles. The minimum atomic E-state index is -0.684. The van der Waals surface area contributed by atoms with Gasteiger partial charge < -0.3 is 19.3 Å². The van der Waals surface area contributed by atoms with Crippen LogP contribution in [0.4, 0.5) is 9.59 Å². The summed E-state index contributed by atoms with van der Waals surface area (Å²) in [4.78, 5) is 47.5. The third-order valence-corrected chi connectivity index (χ3v) is 5.68. The van der Waals surface area contributed by atoms with E-state index in [0.717, 1.165) is 0 Å². The second-order valence-electron chi connectivity index (χ2n) is 11.1. The van der Waals surface area contributed by atoms with Crippen LogP contribution in [0.5, 0.6) is 0 Å². The van der Waals surface area contributed by atoms with Gasteiger partial charge in [-0.25, -0.2) is 9.59 Å². The van der Waals surface area contributed by atoms with Crippen molar-refractivity contribution in [2.75, 3.05) is 26.2 Å². The molecular formula is C22H40N4O8. The fourth-order valence-corrected chi connectivity index (χ4v) is 3.63. The van der Waals surface area contributed by atoms with Crippen molar-refractivity contribution in [3.8, 4) is 0 Å². The van der Waals surface area contributed by atoms with E-state index in [0.29, 0.717) is 25.9 Å². The van der Waals surface area contributed by atoms with E-state index in [2.05, 4.69) is 0 Å². The molecule has 2 aliphatic rings. The molecule has 34 heavy (non-hydrogen) atoms. The highest BCUT2D eigenvalue weighted by molar-refractivity contribution is 5.68. The normalized spacial score (nSPS) is 25.5. The Morgan fingerprint density at radius 3 is 1.26 bits per heavy atom. The van der Waals surface area contributed by atoms with Crippen molar-refractivity contribution in [3.63, 3.8) is 0 Å². The lowest BCUT2D eigenvalue weighted by Gasteiger charge is -2.33. The lowest BCUT2D eigenvalue weighted by Crippen LogP contribution is -2.50. The van der Waals surface area contributed by atoms with Gasteiger partial charge in [0.1, 0.15) is 11.2 Å². The maximum Gasteiger partial charge on any atom is 0.410 e. The van der Waals surface area contributed by atoms with Gasteiger partial charge in [0.2, 0.25) is 12.1 Å². The van der Waals surface area contributed by atoms with Crippen LogP contribution in [0.2, 0.25) is 0 Å². The van der Waals surface area contributed by atoms with E-state index in [1.807, 2.05) is 13.8 Å². The molecule has 12 nitrogen and oxygen atoms in total. The van der Waals surface area contributed by atoms with Crippen molar-refractivity contribution in [3.05, 3.63) is 20.2 Å². The number of nitro groups is 2. The van der Waals surface area contributed by atoms with Gasteiger partial charge in [0, 0.05) is 34.8 Å². The number of carbonyl (C=O) groups excluding carboxylic acids is 2. The van der Waals surface area contributed by atoms with E-state index in [1.54, 1.807) is 41.5 Å². The Hall–Kier alpha value is -2.66. The molecule has 0 saturated carbocycles. The zero-order chi connectivity index (χ0) is 26.4. The van der Waals surface area contributed by atoms with Gasteiger partial charge >= 0.3 is 12.2 Å². The molecule has 0 spiro atoms. The highest BCUT2D eigenvalue weighted by Gasteiger charge is 2.39. The average molecular weight is 489 g/mol. The molecule has 0 aliphatic carbocycles. The Bertz CT molecular complexity index is 684. The van der Waals surface area contributed by atoms with Crippen LogP contribution in [0.3, 0.4) is 0 Å². The molecule has 0 aromatic carbocycles. The van der Waals surface area contributed by atoms with Crippen molar-refractivity contribution in [2.45, 2.75) is 91.5 Å². The maximum absolute atomic E-state index is 11.8. The maximum atomic E-state index is 11.8. The lowest BCUT2D eigenvalue weighted by molar-refractivity contribution is -0.534. The van der Waals surface area contributed by atoms with Crippen LogP contribution in [-0.4, -0.2) is 81.3 Å². The summed E-state index contributed by atoms with van der Waals surface area (Å²) in [6.45, 7) is 15.7. The molecule has 2 rings (SSSR count). The Kier molecular flexibility index (Phi) is 10.1. The quantitative estimate of drug-likeness (QED) is 0.421. The Labute approximate surface area is 201 Å². The molecule has 0 aromatic rings. The van der Waals surface area contributed by atoms with Gasteiger partial charge in [-0.2, -0.15) is 0 Å². The van der Waals surface area contributed by atoms with Gasteiger partial charge in [-0.05, 0) is 54.4 Å². The monoisotopic (exact) mass is 488 g/mol. The third kappa shape index (κ3) is 9.68. The molecule has 0 N–H and O–H groups in total. The largest absolute Gasteiger partial charge is 0.444 e. The molecule has 2 fully saturated rings. The summed E-state index contributed by atoms with van der Waals surface area (Å²) in [6, 6.07) is -1.37. The molecule has 4 atom stereocenters. The first kappa shape index (κ1) is 29.4. The fourth-order valence-electron chi connectivity index (χ4n) is 3.63. The number of piperidine rings is 2. The molecule has 2 amide bonds. The molecule has 196 valence electrons. The number of hydrogen-bond donors (Lipinski definition) is 0. The van der Waals surface area contributed by atoms with Crippen LogP contribution in [0.1, 0.15) is 68.2 Å². The molecule has 0 bridgehead atoms. The topological polar surface area (TPSA) is 145 Å². The number of likely N-dealkylation sites (tertiary alicyclic amines) is 2. The van der Waals surface area contributed by atoms with Gasteiger partial charge in [0.15, 0.2) is 0 Å². The number of rotatable bonds is 2. The SMILES string of the molecule is C[C@@H]1CCN(C(=O)OC(C)(C)C)C[C@@H]1[N+](=O)[O-].C[C@H]1CCN(C(=O)OC(C)(C)C)C[C@H]1[N+](=O)[O-]. The van der Waals surface area contributed by atoms with Gasteiger partial charge in [-0.3, -0.25) is 20.2 Å². The van der Waals surface area contributed by atoms with Crippen molar-refractivity contribution < 1.29 is 28.9 Å². The summed E-state index contributed by atoms with van der Waals surface area (Å²) in [5.74, 6) is 0.00683. The lowest BCUT2D eigenvalue weighted by atomic mass is 9.94. The number of carbonyl (C=O) groups is 2.